The van der Waals surface area contributed by atoms with Crippen molar-refractivity contribution in [3.8, 4) is 0 Å². The van der Waals surface area contributed by atoms with Crippen molar-refractivity contribution < 1.29 is 0 Å². The molecule has 0 unspecified atom stereocenters. The molecule has 1 aromatic heterocycles. The van der Waals surface area contributed by atoms with Gasteiger partial charge in [-0.15, -0.1) is 5.10 Å². The minimum Gasteiger partial charge on any atom is -0.368 e. The number of fused-ring (bicyclic) bond motifs is 1. The van der Waals surface area contributed by atoms with Gasteiger partial charge in [0.15, 0.2) is 5.82 Å². The van der Waals surface area contributed by atoms with Crippen molar-refractivity contribution in [3.63, 3.8) is 0 Å². The van der Waals surface area contributed by atoms with Crippen LogP contribution < -0.4 is 14.7 Å². The molecule has 0 spiro atoms. The summed E-state index contributed by atoms with van der Waals surface area (Å²) in [7, 11) is 0. The number of aromatic nitrogens is 3. The molecule has 0 aliphatic carbocycles. The Labute approximate surface area is 171 Å². The molecule has 148 valence electrons. The number of anilines is 3. The van der Waals surface area contributed by atoms with Crippen LogP contribution in [-0.2, 0) is 13.0 Å². The molecule has 5 rings (SSSR count). The second-order valence-electron chi connectivity index (χ2n) is 7.87. The minimum atomic E-state index is 0.741. The van der Waals surface area contributed by atoms with Crippen molar-refractivity contribution in [1.29, 1.82) is 0 Å². The van der Waals surface area contributed by atoms with Crippen LogP contribution in [0.4, 0.5) is 17.5 Å². The Morgan fingerprint density at radius 1 is 0.793 bits per heavy atom. The predicted molar refractivity (Wildman–Crippen MR) is 117 cm³/mol. The van der Waals surface area contributed by atoms with Crippen LogP contribution in [0.2, 0.25) is 0 Å². The Hall–Kier alpha value is -3.15. The average molecular weight is 387 g/mol. The van der Waals surface area contributed by atoms with Crippen molar-refractivity contribution in [2.45, 2.75) is 19.9 Å². The largest absolute Gasteiger partial charge is 0.368 e. The molecule has 1 saturated heterocycles. The fraction of sp³-hybridized carbons (Fsp3) is 0.348. The summed E-state index contributed by atoms with van der Waals surface area (Å²) >= 11 is 0. The van der Waals surface area contributed by atoms with Crippen molar-refractivity contribution >= 4 is 17.5 Å². The first-order valence-electron chi connectivity index (χ1n) is 10.3. The lowest BCUT2D eigenvalue weighted by atomic mass is 10.0. The molecule has 0 bridgehead atoms. The number of rotatable bonds is 3. The number of hydrogen-bond acceptors (Lipinski definition) is 6. The summed E-state index contributed by atoms with van der Waals surface area (Å²) in [5, 5.41) is 8.60. The van der Waals surface area contributed by atoms with Crippen molar-refractivity contribution in [1.82, 2.24) is 15.2 Å². The van der Waals surface area contributed by atoms with Gasteiger partial charge in [-0.05, 0) is 42.2 Å². The molecule has 2 aliphatic rings. The van der Waals surface area contributed by atoms with Gasteiger partial charge < -0.3 is 14.7 Å². The average Bonchev–Trinajstić information content (AvgIpc) is 2.79. The molecule has 0 N–H and O–H groups in total. The van der Waals surface area contributed by atoms with E-state index in [0.29, 0.717) is 0 Å². The lowest BCUT2D eigenvalue weighted by Crippen LogP contribution is -2.47. The lowest BCUT2D eigenvalue weighted by Gasteiger charge is -2.36. The Balaban J connectivity index is 1.27. The quantitative estimate of drug-likeness (QED) is 0.690. The molecule has 2 aromatic carbocycles. The normalized spacial score (nSPS) is 16.7. The highest BCUT2D eigenvalue weighted by Crippen LogP contribution is 2.24. The maximum absolute atomic E-state index is 4.86. The fourth-order valence-corrected chi connectivity index (χ4v) is 4.25. The third kappa shape index (κ3) is 3.75. The zero-order valence-electron chi connectivity index (χ0n) is 16.8. The summed E-state index contributed by atoms with van der Waals surface area (Å²) < 4.78 is 0. The molecule has 6 nitrogen and oxygen atoms in total. The second kappa shape index (κ2) is 7.70. The molecular weight excluding hydrogens is 360 g/mol. The van der Waals surface area contributed by atoms with Crippen LogP contribution in [0.25, 0.3) is 0 Å². The molecule has 29 heavy (non-hydrogen) atoms. The van der Waals surface area contributed by atoms with Crippen LogP contribution in [0, 0.1) is 6.92 Å². The van der Waals surface area contributed by atoms with Crippen LogP contribution in [-0.4, -0.2) is 47.9 Å². The van der Waals surface area contributed by atoms with Gasteiger partial charge in [0.1, 0.15) is 0 Å². The van der Waals surface area contributed by atoms with Crippen LogP contribution in [0.3, 0.4) is 0 Å². The molecule has 3 aromatic rings. The van der Waals surface area contributed by atoms with Crippen LogP contribution in [0.5, 0.6) is 0 Å². The van der Waals surface area contributed by atoms with Crippen LogP contribution in [0.1, 0.15) is 16.7 Å². The molecular formula is C23H26N6. The van der Waals surface area contributed by atoms with Crippen molar-refractivity contribution in [2.75, 3.05) is 47.4 Å². The van der Waals surface area contributed by atoms with Crippen molar-refractivity contribution in [2.24, 2.45) is 0 Å². The summed E-state index contributed by atoms with van der Waals surface area (Å²) in [6.45, 7) is 7.74. The molecule has 2 aliphatic heterocycles. The van der Waals surface area contributed by atoms with Gasteiger partial charge in [0.25, 0.3) is 0 Å². The van der Waals surface area contributed by atoms with Gasteiger partial charge in [0, 0.05) is 45.0 Å². The van der Waals surface area contributed by atoms with E-state index in [0.717, 1.165) is 57.5 Å². The predicted octanol–water partition coefficient (Wildman–Crippen LogP) is 3.07. The van der Waals surface area contributed by atoms with Crippen LogP contribution >= 0.6 is 0 Å². The Morgan fingerprint density at radius 2 is 1.59 bits per heavy atom. The zero-order chi connectivity index (χ0) is 19.6. The second-order valence-corrected chi connectivity index (χ2v) is 7.87. The number of nitrogens with zero attached hydrogens (tertiary/aromatic N) is 6. The summed E-state index contributed by atoms with van der Waals surface area (Å²) in [6, 6.07) is 17.4. The SMILES string of the molecule is Cc1cccc(N2CCN(c3nncc(N4CCc5ccccc5C4)n3)CC2)c1. The summed E-state index contributed by atoms with van der Waals surface area (Å²) in [4.78, 5) is 11.9. The van der Waals surface area contributed by atoms with E-state index in [4.69, 9.17) is 4.98 Å². The van der Waals surface area contributed by atoms with Gasteiger partial charge in [-0.25, -0.2) is 0 Å². The highest BCUT2D eigenvalue weighted by Gasteiger charge is 2.22. The Kier molecular flexibility index (Phi) is 4.76. The monoisotopic (exact) mass is 386 g/mol. The van der Waals surface area contributed by atoms with E-state index in [-0.39, 0.29) is 0 Å². The topological polar surface area (TPSA) is 48.4 Å². The molecule has 0 amide bonds. The molecule has 0 atom stereocenters. The first kappa shape index (κ1) is 17.9. The number of hydrogen-bond donors (Lipinski definition) is 0. The molecule has 3 heterocycles. The standard InChI is InChI=1S/C23H26N6/c1-18-5-4-8-21(15-18)27-11-13-28(14-12-27)23-25-22(16-24-26-23)29-10-9-19-6-2-3-7-20(19)17-29/h2-8,15-16H,9-14,17H2,1H3. The number of benzene rings is 2. The number of aryl methyl sites for hydroxylation is 1. The lowest BCUT2D eigenvalue weighted by molar-refractivity contribution is 0.631. The smallest absolute Gasteiger partial charge is 0.247 e. The molecule has 1 fully saturated rings. The highest BCUT2D eigenvalue weighted by molar-refractivity contribution is 5.51. The van der Waals surface area contributed by atoms with Crippen LogP contribution in [0.15, 0.2) is 54.7 Å². The van der Waals surface area contributed by atoms with E-state index in [9.17, 15) is 0 Å². The summed E-state index contributed by atoms with van der Waals surface area (Å²) in [5.41, 5.74) is 5.42. The van der Waals surface area contributed by atoms with E-state index in [1.54, 1.807) is 6.20 Å². The van der Waals surface area contributed by atoms with Gasteiger partial charge in [0.2, 0.25) is 5.95 Å². The third-order valence-electron chi connectivity index (χ3n) is 5.92. The maximum Gasteiger partial charge on any atom is 0.247 e. The maximum atomic E-state index is 4.86. The number of piperazine rings is 1. The summed E-state index contributed by atoms with van der Waals surface area (Å²) in [5.74, 6) is 1.66. The van der Waals surface area contributed by atoms with Crippen molar-refractivity contribution in [3.05, 3.63) is 71.4 Å². The van der Waals surface area contributed by atoms with Gasteiger partial charge in [-0.2, -0.15) is 10.1 Å². The highest BCUT2D eigenvalue weighted by atomic mass is 15.4. The van der Waals surface area contributed by atoms with Gasteiger partial charge in [-0.1, -0.05) is 36.4 Å². The van der Waals surface area contributed by atoms with E-state index < -0.39 is 0 Å². The van der Waals surface area contributed by atoms with E-state index in [1.165, 1.54) is 22.4 Å². The van der Waals surface area contributed by atoms with E-state index in [1.807, 2.05) is 0 Å². The molecule has 6 heteroatoms. The van der Waals surface area contributed by atoms with E-state index >= 15 is 0 Å². The molecule has 0 radical (unpaired) electrons. The Morgan fingerprint density at radius 3 is 2.41 bits per heavy atom. The molecule has 0 saturated carbocycles. The van der Waals surface area contributed by atoms with Gasteiger partial charge >= 0.3 is 0 Å². The fourth-order valence-electron chi connectivity index (χ4n) is 4.25. The van der Waals surface area contributed by atoms with E-state index in [2.05, 4.69) is 80.4 Å². The first-order chi connectivity index (χ1) is 14.3. The minimum absolute atomic E-state index is 0.741. The van der Waals surface area contributed by atoms with Gasteiger partial charge in [0.05, 0.1) is 6.20 Å². The Bertz CT molecular complexity index is 996. The summed E-state index contributed by atoms with van der Waals surface area (Å²) in [6.07, 6.45) is 2.84. The van der Waals surface area contributed by atoms with Gasteiger partial charge in [-0.3, -0.25) is 0 Å². The third-order valence-corrected chi connectivity index (χ3v) is 5.92. The first-order valence-corrected chi connectivity index (χ1v) is 10.3. The zero-order valence-corrected chi connectivity index (χ0v) is 16.8.